The average molecular weight is 373 g/mol. The topological polar surface area (TPSA) is 44.7 Å². The van der Waals surface area contributed by atoms with Crippen LogP contribution >= 0.6 is 0 Å². The summed E-state index contributed by atoms with van der Waals surface area (Å²) >= 11 is 0. The molecule has 2 rings (SSSR count). The molecule has 0 saturated heterocycles. The Bertz CT molecular complexity index is 646. The molecule has 0 aliphatic rings. The van der Waals surface area contributed by atoms with E-state index in [1.165, 1.54) is 22.4 Å². The number of anilines is 1. The maximum atomic E-state index is 7.57. The van der Waals surface area contributed by atoms with Gasteiger partial charge in [-0.3, -0.25) is 0 Å². The number of hydrogen-bond donors (Lipinski definition) is 2. The number of methoxy groups -OCH3 is 1. The van der Waals surface area contributed by atoms with Gasteiger partial charge in [0.25, 0.3) is 0 Å². The van der Waals surface area contributed by atoms with Gasteiger partial charge in [0, 0.05) is 39.6 Å². The molecule has 0 heterocycles. The first kappa shape index (κ1) is 23.2. The lowest BCUT2D eigenvalue weighted by Gasteiger charge is -2.28. The van der Waals surface area contributed by atoms with Crippen LogP contribution in [0.3, 0.4) is 0 Å². The standard InChI is InChI=1S/C21H30N2O.C2H6O/c1-5-23(3)20-14-9-8-13-19(20)21(22-15-10-16-24-4)18-12-7-6-11-17(18)2;1-2-3/h6-9,11-14,21-22H,5,10,15-16H2,1-4H3;3H,2H2,1H3. The van der Waals surface area contributed by atoms with Crippen LogP contribution in [0.4, 0.5) is 5.69 Å². The van der Waals surface area contributed by atoms with E-state index in [2.05, 4.69) is 79.6 Å². The number of aliphatic hydroxyl groups excluding tert-OH is 1. The molecule has 2 aromatic carbocycles. The van der Waals surface area contributed by atoms with E-state index >= 15 is 0 Å². The zero-order valence-corrected chi connectivity index (χ0v) is 17.5. The van der Waals surface area contributed by atoms with Crippen molar-refractivity contribution < 1.29 is 9.84 Å². The molecule has 0 radical (unpaired) electrons. The zero-order chi connectivity index (χ0) is 20.1. The number of nitrogens with zero attached hydrogens (tertiary/aromatic N) is 1. The van der Waals surface area contributed by atoms with Crippen molar-refractivity contribution in [3.8, 4) is 0 Å². The molecule has 0 bridgehead atoms. The van der Waals surface area contributed by atoms with Crippen LogP contribution in [-0.4, -0.2) is 45.6 Å². The van der Waals surface area contributed by atoms with Gasteiger partial charge in [0.05, 0.1) is 6.04 Å². The van der Waals surface area contributed by atoms with Crippen LogP contribution < -0.4 is 10.2 Å². The van der Waals surface area contributed by atoms with Crippen LogP contribution in [0.15, 0.2) is 48.5 Å². The van der Waals surface area contributed by atoms with Crippen LogP contribution in [-0.2, 0) is 4.74 Å². The van der Waals surface area contributed by atoms with Gasteiger partial charge in [-0.25, -0.2) is 0 Å². The first-order valence-corrected chi connectivity index (χ1v) is 9.79. The van der Waals surface area contributed by atoms with Gasteiger partial charge in [-0.2, -0.15) is 0 Å². The molecule has 0 aliphatic heterocycles. The Hall–Kier alpha value is -1.88. The minimum Gasteiger partial charge on any atom is -0.397 e. The van der Waals surface area contributed by atoms with Gasteiger partial charge in [0.1, 0.15) is 0 Å². The Kier molecular flexibility index (Phi) is 11.4. The number of rotatable bonds is 9. The number of para-hydroxylation sites is 1. The third-order valence-electron chi connectivity index (χ3n) is 4.51. The lowest BCUT2D eigenvalue weighted by Crippen LogP contribution is -2.27. The lowest BCUT2D eigenvalue weighted by molar-refractivity contribution is 0.193. The van der Waals surface area contributed by atoms with Crippen LogP contribution in [0.2, 0.25) is 0 Å². The third kappa shape index (κ3) is 7.33. The minimum atomic E-state index is 0.188. The van der Waals surface area contributed by atoms with Crippen LogP contribution in [0.25, 0.3) is 0 Å². The van der Waals surface area contributed by atoms with Gasteiger partial charge in [-0.1, -0.05) is 42.5 Å². The van der Waals surface area contributed by atoms with Crippen LogP contribution in [0.5, 0.6) is 0 Å². The molecule has 0 fully saturated rings. The second-order valence-corrected chi connectivity index (χ2v) is 6.48. The number of aliphatic hydroxyl groups is 1. The summed E-state index contributed by atoms with van der Waals surface area (Å²) in [5.74, 6) is 0. The van der Waals surface area contributed by atoms with E-state index in [4.69, 9.17) is 9.84 Å². The van der Waals surface area contributed by atoms with Crippen molar-refractivity contribution in [1.29, 1.82) is 0 Å². The molecule has 0 amide bonds. The number of ether oxygens (including phenoxy) is 1. The summed E-state index contributed by atoms with van der Waals surface area (Å²) in [6.45, 7) is 9.00. The van der Waals surface area contributed by atoms with E-state index in [0.29, 0.717) is 0 Å². The van der Waals surface area contributed by atoms with Crippen molar-refractivity contribution in [3.05, 3.63) is 65.2 Å². The smallest absolute Gasteiger partial charge is 0.0599 e. The summed E-state index contributed by atoms with van der Waals surface area (Å²) in [6, 6.07) is 17.5. The minimum absolute atomic E-state index is 0.188. The summed E-state index contributed by atoms with van der Waals surface area (Å²) in [5.41, 5.74) is 5.27. The molecule has 2 aromatic rings. The lowest BCUT2D eigenvalue weighted by atomic mass is 9.93. The Balaban J connectivity index is 0.00000114. The summed E-state index contributed by atoms with van der Waals surface area (Å²) in [5, 5.41) is 11.3. The summed E-state index contributed by atoms with van der Waals surface area (Å²) in [6.07, 6.45) is 1.00. The predicted octanol–water partition coefficient (Wildman–Crippen LogP) is 4.17. The Morgan fingerprint density at radius 1 is 1.04 bits per heavy atom. The quantitative estimate of drug-likeness (QED) is 0.649. The van der Waals surface area contributed by atoms with Gasteiger partial charge in [-0.05, 0) is 56.5 Å². The molecule has 4 heteroatoms. The third-order valence-corrected chi connectivity index (χ3v) is 4.51. The van der Waals surface area contributed by atoms with Gasteiger partial charge < -0.3 is 20.1 Å². The van der Waals surface area contributed by atoms with Crippen molar-refractivity contribution in [2.45, 2.75) is 33.2 Å². The van der Waals surface area contributed by atoms with Gasteiger partial charge in [0.15, 0.2) is 0 Å². The van der Waals surface area contributed by atoms with E-state index < -0.39 is 0 Å². The summed E-state index contributed by atoms with van der Waals surface area (Å²) < 4.78 is 5.19. The average Bonchev–Trinajstić information content (AvgIpc) is 2.69. The highest BCUT2D eigenvalue weighted by Gasteiger charge is 2.19. The number of nitrogens with one attached hydrogen (secondary N) is 1. The maximum absolute atomic E-state index is 7.57. The largest absolute Gasteiger partial charge is 0.397 e. The zero-order valence-electron chi connectivity index (χ0n) is 17.5. The van der Waals surface area contributed by atoms with Crippen LogP contribution in [0, 0.1) is 6.92 Å². The number of hydrogen-bond acceptors (Lipinski definition) is 4. The van der Waals surface area contributed by atoms with Gasteiger partial charge in [0.2, 0.25) is 0 Å². The molecule has 0 aliphatic carbocycles. The molecule has 150 valence electrons. The van der Waals surface area contributed by atoms with E-state index in [1.807, 2.05) is 0 Å². The molecule has 0 saturated carbocycles. The van der Waals surface area contributed by atoms with Crippen molar-refractivity contribution in [3.63, 3.8) is 0 Å². The fourth-order valence-electron chi connectivity index (χ4n) is 3.01. The Morgan fingerprint density at radius 3 is 2.22 bits per heavy atom. The first-order chi connectivity index (χ1) is 13.1. The second kappa shape index (κ2) is 13.3. The molecule has 4 nitrogen and oxygen atoms in total. The predicted molar refractivity (Wildman–Crippen MR) is 116 cm³/mol. The van der Waals surface area contributed by atoms with Crippen molar-refractivity contribution in [2.75, 3.05) is 45.4 Å². The first-order valence-electron chi connectivity index (χ1n) is 9.79. The van der Waals surface area contributed by atoms with E-state index in [9.17, 15) is 0 Å². The van der Waals surface area contributed by atoms with E-state index in [-0.39, 0.29) is 12.6 Å². The van der Waals surface area contributed by atoms with Crippen molar-refractivity contribution in [1.82, 2.24) is 5.32 Å². The van der Waals surface area contributed by atoms with E-state index in [1.54, 1.807) is 14.0 Å². The van der Waals surface area contributed by atoms with Gasteiger partial charge >= 0.3 is 0 Å². The molecule has 1 unspecified atom stereocenters. The molecular formula is C23H36N2O2. The van der Waals surface area contributed by atoms with E-state index in [0.717, 1.165) is 26.1 Å². The maximum Gasteiger partial charge on any atom is 0.0599 e. The summed E-state index contributed by atoms with van der Waals surface area (Å²) in [4.78, 5) is 2.30. The van der Waals surface area contributed by atoms with Gasteiger partial charge in [-0.15, -0.1) is 0 Å². The number of benzene rings is 2. The highest BCUT2D eigenvalue weighted by molar-refractivity contribution is 5.57. The second-order valence-electron chi connectivity index (χ2n) is 6.48. The molecule has 0 aromatic heterocycles. The molecule has 27 heavy (non-hydrogen) atoms. The normalized spacial score (nSPS) is 11.5. The van der Waals surface area contributed by atoms with Crippen LogP contribution in [0.1, 0.15) is 43.0 Å². The highest BCUT2D eigenvalue weighted by Crippen LogP contribution is 2.31. The van der Waals surface area contributed by atoms with Crippen molar-refractivity contribution >= 4 is 5.69 Å². The summed E-state index contributed by atoms with van der Waals surface area (Å²) in [7, 11) is 3.91. The fourth-order valence-corrected chi connectivity index (χ4v) is 3.01. The fraction of sp³-hybridized carbons (Fsp3) is 0.478. The van der Waals surface area contributed by atoms with Crippen molar-refractivity contribution in [2.24, 2.45) is 0 Å². The SMILES string of the molecule is CCN(C)c1ccccc1C(NCCCOC)c1ccccc1C.CCO. The monoisotopic (exact) mass is 372 g/mol. The molecular weight excluding hydrogens is 336 g/mol. The molecule has 0 spiro atoms. The number of aryl methyl sites for hydroxylation is 1. The Morgan fingerprint density at radius 2 is 1.63 bits per heavy atom. The highest BCUT2D eigenvalue weighted by atomic mass is 16.5. The molecule has 1 atom stereocenters. The molecule has 2 N–H and O–H groups in total. The Labute approximate surface area is 165 Å².